The fraction of sp³-hybridized carbons (Fsp3) is 0.593. The second kappa shape index (κ2) is 14.5. The number of nitrogens with zero attached hydrogens (tertiary/aromatic N) is 1. The van der Waals surface area contributed by atoms with Gasteiger partial charge >= 0.3 is 18.0 Å². The molecule has 214 valence electrons. The van der Waals surface area contributed by atoms with E-state index < -0.39 is 48.0 Å². The van der Waals surface area contributed by atoms with Crippen molar-refractivity contribution in [2.45, 2.75) is 88.6 Å². The first-order chi connectivity index (χ1) is 18.7. The number of alkyl carbamates (subject to hydrolysis) is 1. The van der Waals surface area contributed by atoms with Crippen LogP contribution in [0.25, 0.3) is 0 Å². The molecule has 3 amide bonds. The highest BCUT2D eigenvalue weighted by atomic mass is 16.5. The number of unbranched alkanes of at least 4 members (excludes halogenated alkanes) is 1. The number of hydrogen-bond acceptors (Lipinski definition) is 7. The van der Waals surface area contributed by atoms with E-state index in [9.17, 15) is 34.2 Å². The Balaban J connectivity index is 1.58. The number of nitrogens with two attached hydrogens (primary N) is 1. The minimum atomic E-state index is -1.40. The molecule has 1 saturated carbocycles. The average molecular weight is 547 g/mol. The normalized spacial score (nSPS) is 21.5. The van der Waals surface area contributed by atoms with E-state index >= 15 is 0 Å². The van der Waals surface area contributed by atoms with Gasteiger partial charge in [-0.15, -0.1) is 0 Å². The van der Waals surface area contributed by atoms with Gasteiger partial charge in [0.2, 0.25) is 11.8 Å². The summed E-state index contributed by atoms with van der Waals surface area (Å²) in [5.74, 6) is -3.40. The van der Waals surface area contributed by atoms with Crippen LogP contribution >= 0.6 is 0 Å². The molecule has 1 aromatic carbocycles. The van der Waals surface area contributed by atoms with E-state index in [1.54, 1.807) is 24.3 Å². The summed E-state index contributed by atoms with van der Waals surface area (Å²) in [4.78, 5) is 63.5. The Morgan fingerprint density at radius 2 is 1.74 bits per heavy atom. The predicted molar refractivity (Wildman–Crippen MR) is 139 cm³/mol. The quantitative estimate of drug-likeness (QED) is 0.216. The van der Waals surface area contributed by atoms with Gasteiger partial charge < -0.3 is 36.2 Å². The second-order valence-electron chi connectivity index (χ2n) is 10.1. The van der Waals surface area contributed by atoms with Crippen molar-refractivity contribution in [1.82, 2.24) is 15.5 Å². The van der Waals surface area contributed by atoms with Crippen molar-refractivity contribution in [3.05, 3.63) is 35.9 Å². The molecule has 1 unspecified atom stereocenters. The lowest BCUT2D eigenvalue weighted by Crippen LogP contribution is -2.52. The molecule has 1 heterocycles. The van der Waals surface area contributed by atoms with Crippen LogP contribution < -0.4 is 16.4 Å². The summed E-state index contributed by atoms with van der Waals surface area (Å²) in [5, 5.41) is 24.2. The van der Waals surface area contributed by atoms with Crippen molar-refractivity contribution in [1.29, 1.82) is 0 Å². The van der Waals surface area contributed by atoms with Gasteiger partial charge in [0.25, 0.3) is 0 Å². The zero-order valence-corrected chi connectivity index (χ0v) is 21.9. The molecule has 1 aliphatic carbocycles. The molecule has 5 atom stereocenters. The summed E-state index contributed by atoms with van der Waals surface area (Å²) >= 11 is 0. The van der Waals surface area contributed by atoms with Gasteiger partial charge in [0.1, 0.15) is 24.7 Å². The SMILES string of the molecule is NCCCC[C@H](NC(=O)OCc1ccccc1)C(=O)N[C@H](CCC(=O)N1C(C(=O)O)C[C@H]2CCC[C@H]21)C(=O)O. The maximum Gasteiger partial charge on any atom is 0.408 e. The number of rotatable bonds is 14. The van der Waals surface area contributed by atoms with Crippen molar-refractivity contribution < 1.29 is 38.9 Å². The lowest BCUT2D eigenvalue weighted by atomic mass is 10.0. The molecule has 2 aliphatic rings. The number of fused-ring (bicyclic) bond motifs is 1. The molecule has 12 nitrogen and oxygen atoms in total. The smallest absolute Gasteiger partial charge is 0.408 e. The molecule has 2 fully saturated rings. The minimum absolute atomic E-state index is 0.000632. The van der Waals surface area contributed by atoms with E-state index in [-0.39, 0.29) is 37.8 Å². The van der Waals surface area contributed by atoms with Gasteiger partial charge in [-0.05, 0) is 63.0 Å². The van der Waals surface area contributed by atoms with Crippen LogP contribution in [0.4, 0.5) is 4.79 Å². The molecule has 1 saturated heterocycles. The summed E-state index contributed by atoms with van der Waals surface area (Å²) in [6, 6.07) is 5.48. The Morgan fingerprint density at radius 3 is 2.41 bits per heavy atom. The Hall–Kier alpha value is -3.67. The number of carbonyl (C=O) groups is 5. The third-order valence-electron chi connectivity index (χ3n) is 7.44. The summed E-state index contributed by atoms with van der Waals surface area (Å²) in [7, 11) is 0. The third-order valence-corrected chi connectivity index (χ3v) is 7.44. The fourth-order valence-corrected chi connectivity index (χ4v) is 5.46. The topological polar surface area (TPSA) is 188 Å². The van der Waals surface area contributed by atoms with Gasteiger partial charge in [-0.3, -0.25) is 9.59 Å². The number of carboxylic acids is 2. The summed E-state index contributed by atoms with van der Waals surface area (Å²) in [5.41, 5.74) is 6.31. The molecule has 0 radical (unpaired) electrons. The van der Waals surface area contributed by atoms with E-state index in [1.807, 2.05) is 6.07 Å². The highest BCUT2D eigenvalue weighted by Gasteiger charge is 2.48. The number of ether oxygens (including phenoxy) is 1. The van der Waals surface area contributed by atoms with Crippen molar-refractivity contribution in [3.8, 4) is 0 Å². The molecule has 0 bridgehead atoms. The van der Waals surface area contributed by atoms with Gasteiger partial charge in [0.05, 0.1) is 0 Å². The van der Waals surface area contributed by atoms with E-state index in [0.717, 1.165) is 24.8 Å². The lowest BCUT2D eigenvalue weighted by molar-refractivity contribution is -0.150. The third kappa shape index (κ3) is 8.41. The van der Waals surface area contributed by atoms with Gasteiger partial charge in [-0.25, -0.2) is 14.4 Å². The summed E-state index contributed by atoms with van der Waals surface area (Å²) in [6.45, 7) is 0.391. The minimum Gasteiger partial charge on any atom is -0.480 e. The molecule has 0 spiro atoms. The van der Waals surface area contributed by atoms with Crippen LogP contribution in [-0.2, 0) is 30.5 Å². The second-order valence-corrected chi connectivity index (χ2v) is 10.1. The Morgan fingerprint density at radius 1 is 1.00 bits per heavy atom. The molecule has 3 rings (SSSR count). The van der Waals surface area contributed by atoms with Gasteiger partial charge in [0.15, 0.2) is 0 Å². The standard InChI is InChI=1S/C27H38N4O8/c28-14-5-4-10-19(30-27(38)39-16-17-7-2-1-3-8-17)24(33)29-20(25(34)35)12-13-23(32)31-21-11-6-9-18(21)15-22(31)26(36)37/h1-3,7-8,18-22H,4-6,9-16,28H2,(H,29,33)(H,30,38)(H,34,35)(H,36,37)/t18-,19+,20-,21-,22?/m1/s1. The molecular formula is C27H38N4O8. The number of carbonyl (C=O) groups excluding carboxylic acids is 3. The molecule has 1 aromatic rings. The number of nitrogens with one attached hydrogen (secondary N) is 2. The van der Waals surface area contributed by atoms with E-state index in [1.165, 1.54) is 4.90 Å². The predicted octanol–water partition coefficient (Wildman–Crippen LogP) is 1.61. The molecule has 12 heteroatoms. The highest BCUT2D eigenvalue weighted by molar-refractivity contribution is 5.90. The number of carboxylic acid groups (broad SMARTS) is 2. The van der Waals surface area contributed by atoms with Crippen LogP contribution in [-0.4, -0.2) is 75.7 Å². The number of amides is 3. The van der Waals surface area contributed by atoms with Gasteiger partial charge in [0, 0.05) is 12.5 Å². The maximum atomic E-state index is 13.0. The van der Waals surface area contributed by atoms with Crippen molar-refractivity contribution in [2.24, 2.45) is 11.7 Å². The lowest BCUT2D eigenvalue weighted by Gasteiger charge is -2.28. The molecule has 1 aliphatic heterocycles. The van der Waals surface area contributed by atoms with Crippen molar-refractivity contribution >= 4 is 29.8 Å². The monoisotopic (exact) mass is 546 g/mol. The van der Waals surface area contributed by atoms with Gasteiger partial charge in [-0.2, -0.15) is 0 Å². The summed E-state index contributed by atoms with van der Waals surface area (Å²) in [6.07, 6.45) is 2.99. The van der Waals surface area contributed by atoms with Crippen LogP contribution in [0.1, 0.15) is 63.4 Å². The Bertz CT molecular complexity index is 1020. The van der Waals surface area contributed by atoms with Gasteiger partial charge in [-0.1, -0.05) is 36.8 Å². The van der Waals surface area contributed by atoms with Crippen molar-refractivity contribution in [2.75, 3.05) is 6.54 Å². The fourth-order valence-electron chi connectivity index (χ4n) is 5.46. The first kappa shape index (κ1) is 29.9. The Labute approximate surface area is 227 Å². The molecule has 6 N–H and O–H groups in total. The zero-order valence-electron chi connectivity index (χ0n) is 21.9. The number of likely N-dealkylation sites (tertiary alicyclic amines) is 1. The first-order valence-corrected chi connectivity index (χ1v) is 13.5. The maximum absolute atomic E-state index is 13.0. The molecule has 0 aromatic heterocycles. The van der Waals surface area contributed by atoms with E-state index in [4.69, 9.17) is 10.5 Å². The number of hydrogen-bond donors (Lipinski definition) is 5. The van der Waals surface area contributed by atoms with E-state index in [2.05, 4.69) is 10.6 Å². The average Bonchev–Trinajstić information content (AvgIpc) is 3.51. The first-order valence-electron chi connectivity index (χ1n) is 13.5. The number of aliphatic carboxylic acids is 2. The Kier molecular flexibility index (Phi) is 11.1. The molecular weight excluding hydrogens is 508 g/mol. The van der Waals surface area contributed by atoms with Crippen LogP contribution in [0.2, 0.25) is 0 Å². The number of benzene rings is 1. The molecule has 39 heavy (non-hydrogen) atoms. The van der Waals surface area contributed by atoms with Crippen LogP contribution in [0, 0.1) is 5.92 Å². The van der Waals surface area contributed by atoms with Crippen LogP contribution in [0.3, 0.4) is 0 Å². The zero-order chi connectivity index (χ0) is 28.4. The van der Waals surface area contributed by atoms with Crippen molar-refractivity contribution in [3.63, 3.8) is 0 Å². The van der Waals surface area contributed by atoms with E-state index in [0.29, 0.717) is 25.8 Å². The van der Waals surface area contributed by atoms with Crippen LogP contribution in [0.15, 0.2) is 30.3 Å². The highest BCUT2D eigenvalue weighted by Crippen LogP contribution is 2.41. The largest absolute Gasteiger partial charge is 0.480 e. The summed E-state index contributed by atoms with van der Waals surface area (Å²) < 4.78 is 5.20. The van der Waals surface area contributed by atoms with Crippen LogP contribution in [0.5, 0.6) is 0 Å².